The van der Waals surface area contributed by atoms with E-state index in [-0.39, 0.29) is 25.4 Å². The number of amides is 1. The summed E-state index contributed by atoms with van der Waals surface area (Å²) in [6.07, 6.45) is 2.04. The maximum atomic E-state index is 12.4. The molecule has 0 spiro atoms. The number of carbonyl (C=O) groups excluding carboxylic acids is 1. The van der Waals surface area contributed by atoms with E-state index in [0.29, 0.717) is 6.04 Å². The van der Waals surface area contributed by atoms with Gasteiger partial charge in [-0.05, 0) is 39.9 Å². The zero-order valence-electron chi connectivity index (χ0n) is 14.7. The lowest BCUT2D eigenvalue weighted by atomic mass is 10.0. The van der Waals surface area contributed by atoms with E-state index in [2.05, 4.69) is 16.8 Å². The summed E-state index contributed by atoms with van der Waals surface area (Å²) in [4.78, 5) is 19.1. The number of piperidine rings is 1. The molecule has 2 heterocycles. The quantitative estimate of drug-likeness (QED) is 0.784. The van der Waals surface area contributed by atoms with Crippen LogP contribution in [0.3, 0.4) is 0 Å². The van der Waals surface area contributed by atoms with Gasteiger partial charge < -0.3 is 20.3 Å². The number of nitrogens with zero attached hydrogens (tertiary/aromatic N) is 3. The molecule has 2 aliphatic rings. The van der Waals surface area contributed by atoms with Crippen molar-refractivity contribution in [1.29, 1.82) is 0 Å². The van der Waals surface area contributed by atoms with Crippen LogP contribution in [-0.4, -0.2) is 92.2 Å². The fourth-order valence-electron chi connectivity index (χ4n) is 3.18. The van der Waals surface area contributed by atoms with E-state index >= 15 is 0 Å². The minimum absolute atomic E-state index is 0. The van der Waals surface area contributed by atoms with Crippen molar-refractivity contribution < 1.29 is 10.9 Å². The average Bonchev–Trinajstić information content (AvgIpc) is 2.54. The standard InChI is InChI=1S/C15H30N4O2.ClH/c1-12(21-3)14(16)15(20)19-10-8-18(9-11-19)13-4-6-17(2)7-5-13;/h12-14H,4-11,16H2,1-3H3;1H/t12-,14-;/m0./s1/i3D;. The van der Waals surface area contributed by atoms with Crippen molar-refractivity contribution in [2.45, 2.75) is 38.0 Å². The van der Waals surface area contributed by atoms with Crippen LogP contribution in [0.2, 0.25) is 0 Å². The van der Waals surface area contributed by atoms with E-state index in [4.69, 9.17) is 11.8 Å². The van der Waals surface area contributed by atoms with Crippen LogP contribution in [0.1, 0.15) is 21.1 Å². The molecule has 0 aliphatic carbocycles. The van der Waals surface area contributed by atoms with Crippen molar-refractivity contribution in [1.82, 2.24) is 14.7 Å². The van der Waals surface area contributed by atoms with Crippen LogP contribution in [0, 0.1) is 0 Å². The molecule has 2 atom stereocenters. The summed E-state index contributed by atoms with van der Waals surface area (Å²) in [5, 5.41) is 0. The summed E-state index contributed by atoms with van der Waals surface area (Å²) >= 11 is 0. The molecule has 0 saturated carbocycles. The van der Waals surface area contributed by atoms with E-state index in [0.717, 1.165) is 39.3 Å². The second-order valence-electron chi connectivity index (χ2n) is 6.29. The Bertz CT molecular complexity index is 361. The minimum Gasteiger partial charge on any atom is -0.380 e. The van der Waals surface area contributed by atoms with E-state index in [1.165, 1.54) is 12.8 Å². The molecule has 0 aromatic heterocycles. The molecular weight excluding hydrogens is 304 g/mol. The number of hydrogen-bond acceptors (Lipinski definition) is 5. The second kappa shape index (κ2) is 9.03. The van der Waals surface area contributed by atoms with E-state index in [1.807, 2.05) is 4.90 Å². The van der Waals surface area contributed by atoms with Crippen molar-refractivity contribution in [2.24, 2.45) is 5.73 Å². The number of methoxy groups -OCH3 is 1. The van der Waals surface area contributed by atoms with Crippen LogP contribution < -0.4 is 5.73 Å². The summed E-state index contributed by atoms with van der Waals surface area (Å²) in [6, 6.07) is -0.00655. The topological polar surface area (TPSA) is 62.0 Å². The fraction of sp³-hybridized carbons (Fsp3) is 0.933. The fourth-order valence-corrected chi connectivity index (χ4v) is 3.18. The molecule has 6 nitrogen and oxygen atoms in total. The van der Waals surface area contributed by atoms with Gasteiger partial charge in [-0.2, -0.15) is 0 Å². The first kappa shape index (κ1) is 17.9. The highest BCUT2D eigenvalue weighted by Gasteiger charge is 2.31. The maximum absolute atomic E-state index is 12.4. The van der Waals surface area contributed by atoms with Crippen LogP contribution in [0.25, 0.3) is 0 Å². The molecule has 22 heavy (non-hydrogen) atoms. The van der Waals surface area contributed by atoms with E-state index in [9.17, 15) is 4.79 Å². The lowest BCUT2D eigenvalue weighted by Gasteiger charge is -2.42. The number of piperazine rings is 1. The van der Waals surface area contributed by atoms with Crippen molar-refractivity contribution >= 4 is 18.3 Å². The maximum Gasteiger partial charge on any atom is 0.242 e. The predicted octanol–water partition coefficient (Wildman–Crippen LogP) is 0.00880. The Morgan fingerprint density at radius 3 is 2.36 bits per heavy atom. The van der Waals surface area contributed by atoms with Gasteiger partial charge in [0.15, 0.2) is 0 Å². The van der Waals surface area contributed by atoms with Gasteiger partial charge in [0.1, 0.15) is 6.04 Å². The van der Waals surface area contributed by atoms with Crippen LogP contribution >= 0.6 is 12.4 Å². The molecule has 2 rings (SSSR count). The Morgan fingerprint density at radius 2 is 1.82 bits per heavy atom. The second-order valence-corrected chi connectivity index (χ2v) is 6.29. The van der Waals surface area contributed by atoms with Gasteiger partial charge in [-0.3, -0.25) is 9.69 Å². The Balaban J connectivity index is 0.00000264. The number of ether oxygens (including phenoxy) is 1. The lowest BCUT2D eigenvalue weighted by Crippen LogP contribution is -2.58. The third-order valence-corrected chi connectivity index (χ3v) is 4.88. The summed E-state index contributed by atoms with van der Waals surface area (Å²) in [6.45, 7) is 7.43. The first-order valence-electron chi connectivity index (χ1n) is 8.61. The van der Waals surface area contributed by atoms with Gasteiger partial charge in [0.2, 0.25) is 5.91 Å². The molecule has 0 bridgehead atoms. The predicted molar refractivity (Wildman–Crippen MR) is 90.4 cm³/mol. The molecule has 2 saturated heterocycles. The van der Waals surface area contributed by atoms with Gasteiger partial charge in [0.05, 0.1) is 7.47 Å². The Kier molecular flexibility index (Phi) is 7.37. The summed E-state index contributed by atoms with van der Waals surface area (Å²) in [5.41, 5.74) is 5.95. The zero-order valence-corrected chi connectivity index (χ0v) is 14.6. The van der Waals surface area contributed by atoms with Crippen LogP contribution in [0.4, 0.5) is 0 Å². The highest BCUT2D eigenvalue weighted by atomic mass is 35.5. The van der Waals surface area contributed by atoms with E-state index in [1.54, 1.807) is 6.92 Å². The smallest absolute Gasteiger partial charge is 0.242 e. The largest absolute Gasteiger partial charge is 0.380 e. The molecule has 130 valence electrons. The van der Waals surface area contributed by atoms with Crippen molar-refractivity contribution in [3.63, 3.8) is 0 Å². The first-order valence-corrected chi connectivity index (χ1v) is 7.90. The molecule has 0 unspecified atom stereocenters. The van der Waals surface area contributed by atoms with E-state index < -0.39 is 12.1 Å². The summed E-state index contributed by atoms with van der Waals surface area (Å²) in [7, 11) is 2.01. The number of hydrogen-bond donors (Lipinski definition) is 1. The number of likely N-dealkylation sites (tertiary alicyclic amines) is 1. The molecule has 0 aromatic carbocycles. The van der Waals surface area contributed by atoms with Gasteiger partial charge in [-0.15, -0.1) is 12.4 Å². The highest BCUT2D eigenvalue weighted by Crippen LogP contribution is 2.17. The Hall–Kier alpha value is -0.400. The molecule has 1 amide bonds. The lowest BCUT2D eigenvalue weighted by molar-refractivity contribution is -0.137. The molecule has 2 fully saturated rings. The zero-order chi connectivity index (χ0) is 16.1. The van der Waals surface area contributed by atoms with Crippen molar-refractivity contribution in [2.75, 3.05) is 53.4 Å². The third-order valence-electron chi connectivity index (χ3n) is 4.88. The number of carbonyl (C=O) groups is 1. The Labute approximate surface area is 141 Å². The third kappa shape index (κ3) is 4.80. The molecule has 0 aromatic rings. The molecule has 2 N–H and O–H groups in total. The summed E-state index contributed by atoms with van der Waals surface area (Å²) in [5.74, 6) is -0.0519. The van der Waals surface area contributed by atoms with Crippen LogP contribution in [0.5, 0.6) is 0 Å². The van der Waals surface area contributed by atoms with Gasteiger partial charge in [-0.25, -0.2) is 0 Å². The Morgan fingerprint density at radius 1 is 1.23 bits per heavy atom. The molecule has 2 aliphatic heterocycles. The van der Waals surface area contributed by atoms with Crippen molar-refractivity contribution in [3.05, 3.63) is 0 Å². The minimum atomic E-state index is -0.666. The molecule has 7 heteroatoms. The molecular formula is C15H31ClN4O2. The van der Waals surface area contributed by atoms with Crippen LogP contribution in [-0.2, 0) is 9.53 Å². The molecule has 0 radical (unpaired) electrons. The highest BCUT2D eigenvalue weighted by molar-refractivity contribution is 5.85. The normalized spacial score (nSPS) is 25.2. The van der Waals surface area contributed by atoms with Gasteiger partial charge in [0, 0.05) is 39.3 Å². The average molecular weight is 336 g/mol. The van der Waals surface area contributed by atoms with Crippen molar-refractivity contribution in [3.8, 4) is 0 Å². The number of halogens is 1. The summed E-state index contributed by atoms with van der Waals surface area (Å²) < 4.78 is 12.2. The number of rotatable bonds is 4. The number of nitrogens with two attached hydrogens (primary N) is 1. The van der Waals surface area contributed by atoms with Crippen LogP contribution in [0.15, 0.2) is 0 Å². The first-order chi connectivity index (χ1) is 10.5. The SMILES string of the molecule is Cl.[2H]CO[C@@H](C)[C@H](N)C(=O)N1CCN(C2CCN(C)CC2)CC1. The van der Waals surface area contributed by atoms with Gasteiger partial charge in [-0.1, -0.05) is 0 Å². The van der Waals surface area contributed by atoms with Gasteiger partial charge >= 0.3 is 0 Å². The monoisotopic (exact) mass is 335 g/mol. The van der Waals surface area contributed by atoms with Gasteiger partial charge in [0.25, 0.3) is 0 Å².